The van der Waals surface area contributed by atoms with Crippen molar-refractivity contribution in [1.29, 1.82) is 0 Å². The van der Waals surface area contributed by atoms with Crippen LogP contribution in [0.1, 0.15) is 26.3 Å². The summed E-state index contributed by atoms with van der Waals surface area (Å²) in [6.45, 7) is 4.84. The predicted octanol–water partition coefficient (Wildman–Crippen LogP) is 2.75. The van der Waals surface area contributed by atoms with Crippen LogP contribution in [0.5, 0.6) is 5.75 Å². The van der Waals surface area contributed by atoms with Gasteiger partial charge in [0.2, 0.25) is 0 Å². The van der Waals surface area contributed by atoms with Crippen LogP contribution >= 0.6 is 0 Å². The fourth-order valence-electron chi connectivity index (χ4n) is 2.06. The molecular formula is C17H18O6. The molecule has 1 aromatic rings. The largest absolute Gasteiger partial charge is 0.504 e. The van der Waals surface area contributed by atoms with E-state index in [4.69, 9.17) is 14.2 Å². The Kier molecular flexibility index (Phi) is 4.74. The first-order valence-corrected chi connectivity index (χ1v) is 7.07. The normalized spacial score (nSPS) is 16.5. The van der Waals surface area contributed by atoms with E-state index in [1.54, 1.807) is 38.1 Å². The Morgan fingerprint density at radius 3 is 2.35 bits per heavy atom. The van der Waals surface area contributed by atoms with Gasteiger partial charge in [-0.15, -0.1) is 0 Å². The fraction of sp³-hybridized carbons (Fsp3) is 0.294. The molecule has 0 atom stereocenters. The molecule has 0 saturated carbocycles. The second-order valence-electron chi connectivity index (χ2n) is 5.25. The zero-order valence-corrected chi connectivity index (χ0v) is 13.4. The molecule has 0 fully saturated rings. The van der Waals surface area contributed by atoms with Gasteiger partial charge in [0.25, 0.3) is 0 Å². The van der Waals surface area contributed by atoms with Crippen molar-refractivity contribution >= 4 is 17.5 Å². The summed E-state index contributed by atoms with van der Waals surface area (Å²) in [4.78, 5) is 23.9. The molecule has 0 aromatic heterocycles. The zero-order chi connectivity index (χ0) is 17.1. The Morgan fingerprint density at radius 2 is 1.83 bits per heavy atom. The molecular weight excluding hydrogens is 300 g/mol. The van der Waals surface area contributed by atoms with Gasteiger partial charge in [0, 0.05) is 0 Å². The Bertz CT molecular complexity index is 694. The minimum absolute atomic E-state index is 0.000602. The number of methoxy groups -OCH3 is 1. The molecule has 1 aliphatic heterocycles. The first-order valence-electron chi connectivity index (χ1n) is 7.07. The number of hydrogen-bond acceptors (Lipinski definition) is 6. The molecule has 1 aliphatic rings. The average Bonchev–Trinajstić information content (AvgIpc) is 2.81. The third-order valence-electron chi connectivity index (χ3n) is 3.22. The van der Waals surface area contributed by atoms with Crippen molar-refractivity contribution in [2.45, 2.75) is 26.9 Å². The van der Waals surface area contributed by atoms with E-state index in [0.717, 1.165) is 0 Å². The number of esters is 2. The number of aliphatic hydroxyl groups is 1. The summed E-state index contributed by atoms with van der Waals surface area (Å²) in [6, 6.07) is 6.56. The number of aliphatic hydroxyl groups excluding tert-OH is 1. The van der Waals surface area contributed by atoms with Crippen LogP contribution in [-0.2, 0) is 19.1 Å². The van der Waals surface area contributed by atoms with Crippen LogP contribution in [0.15, 0.2) is 41.4 Å². The van der Waals surface area contributed by atoms with Crippen LogP contribution in [0.3, 0.4) is 0 Å². The van der Waals surface area contributed by atoms with Gasteiger partial charge >= 0.3 is 11.9 Å². The number of carbonyl (C=O) groups excluding carboxylic acids is 2. The monoisotopic (exact) mass is 318 g/mol. The van der Waals surface area contributed by atoms with Gasteiger partial charge in [0.1, 0.15) is 11.3 Å². The molecule has 6 heteroatoms. The van der Waals surface area contributed by atoms with Gasteiger partial charge in [-0.2, -0.15) is 0 Å². The summed E-state index contributed by atoms with van der Waals surface area (Å²) in [5.74, 6) is -1.30. The molecule has 1 aromatic carbocycles. The van der Waals surface area contributed by atoms with Crippen molar-refractivity contribution < 1.29 is 28.9 Å². The average molecular weight is 318 g/mol. The van der Waals surface area contributed by atoms with E-state index in [1.807, 2.05) is 0 Å². The summed E-state index contributed by atoms with van der Waals surface area (Å²) in [5.41, 5.74) is 0.501. The summed E-state index contributed by atoms with van der Waals surface area (Å²) in [6.07, 6.45) is -0.317. The number of cyclic esters (lactones) is 1. The van der Waals surface area contributed by atoms with Gasteiger partial charge in [0.15, 0.2) is 11.5 Å². The third kappa shape index (κ3) is 3.36. The number of rotatable bonds is 4. The molecule has 1 N–H and O–H groups in total. The minimum Gasteiger partial charge on any atom is -0.504 e. The Balaban J connectivity index is 2.41. The van der Waals surface area contributed by atoms with Crippen LogP contribution in [0, 0.1) is 0 Å². The molecule has 0 radical (unpaired) electrons. The van der Waals surface area contributed by atoms with Crippen molar-refractivity contribution in [3.8, 4) is 5.75 Å². The molecule has 0 aliphatic carbocycles. The van der Waals surface area contributed by atoms with Crippen LogP contribution in [0.4, 0.5) is 0 Å². The molecule has 1 heterocycles. The zero-order valence-electron chi connectivity index (χ0n) is 13.4. The van der Waals surface area contributed by atoms with Crippen molar-refractivity contribution in [3.63, 3.8) is 0 Å². The lowest BCUT2D eigenvalue weighted by Gasteiger charge is -2.09. The molecule has 23 heavy (non-hydrogen) atoms. The molecule has 0 bridgehead atoms. The van der Waals surface area contributed by atoms with Gasteiger partial charge in [-0.3, -0.25) is 0 Å². The van der Waals surface area contributed by atoms with Crippen LogP contribution in [0.2, 0.25) is 0 Å². The van der Waals surface area contributed by atoms with Crippen LogP contribution in [0.25, 0.3) is 5.57 Å². The number of hydrogen-bond donors (Lipinski definition) is 1. The van der Waals surface area contributed by atoms with Crippen molar-refractivity contribution in [2.75, 3.05) is 7.11 Å². The summed E-state index contributed by atoms with van der Waals surface area (Å²) < 4.78 is 15.1. The molecule has 0 spiro atoms. The van der Waals surface area contributed by atoms with Crippen LogP contribution < -0.4 is 4.74 Å². The number of ether oxygens (including phenoxy) is 3. The van der Waals surface area contributed by atoms with E-state index < -0.39 is 11.9 Å². The summed E-state index contributed by atoms with van der Waals surface area (Å²) >= 11 is 0. The van der Waals surface area contributed by atoms with Gasteiger partial charge in [0.05, 0.1) is 18.8 Å². The highest BCUT2D eigenvalue weighted by atomic mass is 16.6. The van der Waals surface area contributed by atoms with E-state index >= 15 is 0 Å². The molecule has 0 saturated heterocycles. The molecule has 2 rings (SSSR count). The highest BCUT2D eigenvalue weighted by Gasteiger charge is 2.34. The quantitative estimate of drug-likeness (QED) is 0.679. The minimum atomic E-state index is -0.723. The maximum absolute atomic E-state index is 12.0. The molecule has 122 valence electrons. The fourth-order valence-corrected chi connectivity index (χ4v) is 2.06. The van der Waals surface area contributed by atoms with Gasteiger partial charge in [-0.1, -0.05) is 12.1 Å². The van der Waals surface area contributed by atoms with Crippen molar-refractivity contribution in [3.05, 3.63) is 46.9 Å². The molecule has 6 nitrogen and oxygen atoms in total. The lowest BCUT2D eigenvalue weighted by molar-refractivity contribution is -0.142. The maximum Gasteiger partial charge on any atom is 0.348 e. The molecule has 0 unspecified atom stereocenters. The van der Waals surface area contributed by atoms with E-state index in [9.17, 15) is 14.7 Å². The van der Waals surface area contributed by atoms with E-state index in [1.165, 1.54) is 14.0 Å². The van der Waals surface area contributed by atoms with E-state index in [-0.39, 0.29) is 28.8 Å². The van der Waals surface area contributed by atoms with E-state index in [2.05, 4.69) is 0 Å². The summed E-state index contributed by atoms with van der Waals surface area (Å²) in [5, 5.41) is 10.3. The SMILES string of the molecule is COc1ccc(C2=C(O)/C(=C(/C)C(=O)OC(C)C)OC2=O)cc1. The third-order valence-corrected chi connectivity index (χ3v) is 3.22. The topological polar surface area (TPSA) is 82.1 Å². The number of carbonyl (C=O) groups is 2. The lowest BCUT2D eigenvalue weighted by atomic mass is 10.0. The van der Waals surface area contributed by atoms with Crippen LogP contribution in [-0.4, -0.2) is 30.3 Å². The second-order valence-corrected chi connectivity index (χ2v) is 5.25. The van der Waals surface area contributed by atoms with Gasteiger partial charge < -0.3 is 19.3 Å². The predicted molar refractivity (Wildman–Crippen MR) is 82.6 cm³/mol. The van der Waals surface area contributed by atoms with E-state index in [0.29, 0.717) is 11.3 Å². The lowest BCUT2D eigenvalue weighted by Crippen LogP contribution is -2.14. The highest BCUT2D eigenvalue weighted by molar-refractivity contribution is 6.21. The summed E-state index contributed by atoms with van der Waals surface area (Å²) in [7, 11) is 1.53. The van der Waals surface area contributed by atoms with Crippen molar-refractivity contribution in [1.82, 2.24) is 0 Å². The second kappa shape index (κ2) is 6.56. The standard InChI is InChI=1S/C17H18O6/c1-9(2)22-16(19)10(3)15-14(18)13(17(20)23-15)11-5-7-12(21-4)8-6-11/h5-9,18H,1-4H3/b15-10+. The Labute approximate surface area is 134 Å². The Morgan fingerprint density at radius 1 is 1.22 bits per heavy atom. The Hall–Kier alpha value is -2.76. The highest BCUT2D eigenvalue weighted by Crippen LogP contribution is 2.34. The number of benzene rings is 1. The first-order chi connectivity index (χ1) is 10.8. The van der Waals surface area contributed by atoms with Gasteiger partial charge in [-0.25, -0.2) is 9.59 Å². The maximum atomic E-state index is 12.0. The smallest absolute Gasteiger partial charge is 0.348 e. The van der Waals surface area contributed by atoms with Crippen molar-refractivity contribution in [2.24, 2.45) is 0 Å². The first kappa shape index (κ1) is 16.6. The van der Waals surface area contributed by atoms with Gasteiger partial charge in [-0.05, 0) is 38.5 Å². The molecule has 0 amide bonds.